The molecule has 0 aliphatic rings. The van der Waals surface area contributed by atoms with Crippen molar-refractivity contribution in [1.29, 1.82) is 0 Å². The summed E-state index contributed by atoms with van der Waals surface area (Å²) in [6, 6.07) is 18.5. The van der Waals surface area contributed by atoms with E-state index in [2.05, 4.69) is 10.1 Å². The van der Waals surface area contributed by atoms with E-state index >= 15 is 0 Å². The third-order valence-corrected chi connectivity index (χ3v) is 6.36. The summed E-state index contributed by atoms with van der Waals surface area (Å²) in [5.41, 5.74) is 0.417. The Balaban J connectivity index is 1.91. The normalized spacial score (nSPS) is 11.9. The first kappa shape index (κ1) is 23.9. The zero-order valence-corrected chi connectivity index (χ0v) is 20.4. The van der Waals surface area contributed by atoms with E-state index < -0.39 is 11.7 Å². The smallest absolute Gasteiger partial charge is 0.228 e. The summed E-state index contributed by atoms with van der Waals surface area (Å²) in [4.78, 5) is 4.58. The molecule has 0 N–H and O–H groups in total. The van der Waals surface area contributed by atoms with Crippen LogP contribution in [0.2, 0.25) is 20.1 Å². The van der Waals surface area contributed by atoms with Gasteiger partial charge < -0.3 is 0 Å². The molecule has 0 spiro atoms. The molecule has 176 valence electrons. The van der Waals surface area contributed by atoms with Crippen LogP contribution in [0.25, 0.3) is 39.2 Å². The van der Waals surface area contributed by atoms with Crippen molar-refractivity contribution in [2.45, 2.75) is 6.18 Å². The zero-order chi connectivity index (χ0) is 24.9. The number of fused-ring (bicyclic) bond motifs is 1. The van der Waals surface area contributed by atoms with Crippen molar-refractivity contribution < 1.29 is 13.2 Å². The molecule has 0 fully saturated rings. The van der Waals surface area contributed by atoms with Crippen molar-refractivity contribution in [3.63, 3.8) is 0 Å². The molecule has 10 heteroatoms. The van der Waals surface area contributed by atoms with Gasteiger partial charge >= 0.3 is 6.18 Å². The maximum absolute atomic E-state index is 14.5. The van der Waals surface area contributed by atoms with E-state index in [9.17, 15) is 13.2 Å². The lowest BCUT2D eigenvalue weighted by molar-refractivity contribution is -0.136. The fourth-order valence-corrected chi connectivity index (χ4v) is 4.59. The number of aromatic nitrogens is 3. The van der Waals surface area contributed by atoms with Crippen LogP contribution in [0.4, 0.5) is 13.2 Å². The summed E-state index contributed by atoms with van der Waals surface area (Å²) in [5, 5.41) is 5.75. The highest BCUT2D eigenvalue weighted by atomic mass is 35.5. The summed E-state index contributed by atoms with van der Waals surface area (Å²) in [6.45, 7) is 0. The maximum Gasteiger partial charge on any atom is 0.417 e. The predicted octanol–water partition coefficient (Wildman–Crippen LogP) is 9.39. The van der Waals surface area contributed by atoms with Gasteiger partial charge in [-0.05, 0) is 54.6 Å². The molecule has 0 aliphatic heterocycles. The van der Waals surface area contributed by atoms with Crippen LogP contribution in [0, 0.1) is 0 Å². The lowest BCUT2D eigenvalue weighted by Gasteiger charge is -2.13. The second kappa shape index (κ2) is 9.03. The molecule has 2 heterocycles. The lowest BCUT2D eigenvalue weighted by atomic mass is 10.0. The molecular weight excluding hydrogens is 541 g/mol. The third-order valence-electron chi connectivity index (χ3n) is 5.32. The van der Waals surface area contributed by atoms with Crippen LogP contribution >= 0.6 is 46.4 Å². The Labute approximate surface area is 217 Å². The minimum Gasteiger partial charge on any atom is -0.228 e. The molecule has 2 aromatic heterocycles. The molecule has 0 bridgehead atoms. The Hall–Kier alpha value is -2.77. The van der Waals surface area contributed by atoms with Crippen LogP contribution in [-0.4, -0.2) is 14.8 Å². The van der Waals surface area contributed by atoms with Crippen molar-refractivity contribution in [2.75, 3.05) is 0 Å². The first-order chi connectivity index (χ1) is 16.6. The number of nitrogens with zero attached hydrogens (tertiary/aromatic N) is 3. The van der Waals surface area contributed by atoms with Gasteiger partial charge in [0.15, 0.2) is 5.65 Å². The molecule has 0 unspecified atom stereocenters. The number of rotatable bonds is 3. The van der Waals surface area contributed by atoms with Gasteiger partial charge in [0, 0.05) is 26.2 Å². The molecule has 5 rings (SSSR count). The highest BCUT2D eigenvalue weighted by Crippen LogP contribution is 2.42. The summed E-state index contributed by atoms with van der Waals surface area (Å²) in [6.07, 6.45) is -4.71. The Bertz CT molecular complexity index is 1580. The Kier molecular flexibility index (Phi) is 6.18. The van der Waals surface area contributed by atoms with Gasteiger partial charge in [0.25, 0.3) is 0 Å². The van der Waals surface area contributed by atoms with Crippen LogP contribution in [-0.2, 0) is 6.18 Å². The number of halogens is 7. The van der Waals surface area contributed by atoms with Crippen molar-refractivity contribution in [3.05, 3.63) is 98.5 Å². The van der Waals surface area contributed by atoms with E-state index in [-0.39, 0.29) is 27.4 Å². The van der Waals surface area contributed by atoms with Crippen molar-refractivity contribution in [1.82, 2.24) is 14.8 Å². The fourth-order valence-electron chi connectivity index (χ4n) is 3.77. The van der Waals surface area contributed by atoms with Crippen molar-refractivity contribution >= 4 is 57.4 Å². The number of hydrogen-bond acceptors (Lipinski definition) is 2. The number of benzene rings is 3. The van der Waals surface area contributed by atoms with Gasteiger partial charge in [-0.3, -0.25) is 0 Å². The van der Waals surface area contributed by atoms with E-state index in [1.54, 1.807) is 48.5 Å². The predicted molar refractivity (Wildman–Crippen MR) is 135 cm³/mol. The van der Waals surface area contributed by atoms with E-state index in [0.29, 0.717) is 31.9 Å². The summed E-state index contributed by atoms with van der Waals surface area (Å²) < 4.78 is 44.7. The quantitative estimate of drug-likeness (QED) is 0.223. The van der Waals surface area contributed by atoms with Crippen LogP contribution in [0.15, 0.2) is 72.8 Å². The molecule has 0 radical (unpaired) electrons. The Morgan fingerprint density at radius 1 is 0.743 bits per heavy atom. The van der Waals surface area contributed by atoms with Gasteiger partial charge in [-0.15, -0.1) is 0 Å². The highest BCUT2D eigenvalue weighted by Gasteiger charge is 2.37. The maximum atomic E-state index is 14.5. The topological polar surface area (TPSA) is 30.7 Å². The molecule has 0 atom stereocenters. The van der Waals surface area contributed by atoms with Gasteiger partial charge in [-0.25, -0.2) is 9.67 Å². The van der Waals surface area contributed by atoms with E-state index in [1.807, 2.05) is 0 Å². The van der Waals surface area contributed by atoms with E-state index in [4.69, 9.17) is 46.4 Å². The molecule has 3 nitrogen and oxygen atoms in total. The van der Waals surface area contributed by atoms with E-state index in [1.165, 1.54) is 22.9 Å². The average molecular weight is 553 g/mol. The molecule has 0 aliphatic carbocycles. The fraction of sp³-hybridized carbons (Fsp3) is 0.0400. The third kappa shape index (κ3) is 4.59. The number of pyridine rings is 1. The standard InChI is InChI=1S/C25H12Cl4F3N3/c26-14-6-4-13(5-7-14)23-22-19(25(30,31)32)12-21(18-9-8-16(28)11-20(18)29)33-24(22)35(34-23)17-3-1-2-15(27)10-17/h1-12H. The minimum atomic E-state index is -4.71. The monoisotopic (exact) mass is 551 g/mol. The molecular formula is C25H12Cl4F3N3. The van der Waals surface area contributed by atoms with E-state index in [0.717, 1.165) is 6.07 Å². The Morgan fingerprint density at radius 2 is 1.43 bits per heavy atom. The highest BCUT2D eigenvalue weighted by molar-refractivity contribution is 6.36. The first-order valence-electron chi connectivity index (χ1n) is 10.1. The molecule has 5 aromatic rings. The largest absolute Gasteiger partial charge is 0.417 e. The summed E-state index contributed by atoms with van der Waals surface area (Å²) in [5.74, 6) is 0. The molecule has 0 saturated heterocycles. The second-order valence-corrected chi connectivity index (χ2v) is 9.34. The molecule has 3 aromatic carbocycles. The Morgan fingerprint density at radius 3 is 2.09 bits per heavy atom. The van der Waals surface area contributed by atoms with Gasteiger partial charge in [-0.2, -0.15) is 18.3 Å². The average Bonchev–Trinajstić information content (AvgIpc) is 3.18. The van der Waals surface area contributed by atoms with Crippen molar-refractivity contribution in [2.24, 2.45) is 0 Å². The van der Waals surface area contributed by atoms with Crippen LogP contribution in [0.1, 0.15) is 5.56 Å². The number of hydrogen-bond donors (Lipinski definition) is 0. The second-order valence-electron chi connectivity index (χ2n) is 7.62. The minimum absolute atomic E-state index is 0.00643. The van der Waals surface area contributed by atoms with Gasteiger partial charge in [0.05, 0.1) is 27.4 Å². The summed E-state index contributed by atoms with van der Waals surface area (Å²) >= 11 is 24.5. The lowest BCUT2D eigenvalue weighted by Crippen LogP contribution is -2.08. The van der Waals surface area contributed by atoms with Crippen LogP contribution < -0.4 is 0 Å². The van der Waals surface area contributed by atoms with Crippen LogP contribution in [0.3, 0.4) is 0 Å². The SMILES string of the molecule is FC(F)(F)c1cc(-c2ccc(Cl)cc2Cl)nc2c1c(-c1ccc(Cl)cc1)nn2-c1cccc(Cl)c1. The zero-order valence-electron chi connectivity index (χ0n) is 17.4. The summed E-state index contributed by atoms with van der Waals surface area (Å²) in [7, 11) is 0. The first-order valence-corrected chi connectivity index (χ1v) is 11.6. The number of alkyl halides is 3. The van der Waals surface area contributed by atoms with Crippen molar-refractivity contribution in [3.8, 4) is 28.2 Å². The van der Waals surface area contributed by atoms with Gasteiger partial charge in [0.2, 0.25) is 0 Å². The molecule has 0 saturated carbocycles. The van der Waals surface area contributed by atoms with Crippen LogP contribution in [0.5, 0.6) is 0 Å². The molecule has 35 heavy (non-hydrogen) atoms. The molecule has 0 amide bonds. The van der Waals surface area contributed by atoms with Gasteiger partial charge in [-0.1, -0.05) is 64.6 Å². The van der Waals surface area contributed by atoms with Gasteiger partial charge in [0.1, 0.15) is 5.69 Å².